The van der Waals surface area contributed by atoms with Gasteiger partial charge in [0.1, 0.15) is 5.82 Å². The average Bonchev–Trinajstić information content (AvgIpc) is 3.07. The lowest BCUT2D eigenvalue weighted by Crippen LogP contribution is -2.46. The highest BCUT2D eigenvalue weighted by Gasteiger charge is 2.43. The van der Waals surface area contributed by atoms with Gasteiger partial charge < -0.3 is 10.2 Å². The van der Waals surface area contributed by atoms with Gasteiger partial charge >= 0.3 is 0 Å². The summed E-state index contributed by atoms with van der Waals surface area (Å²) in [5.41, 5.74) is 0.853. The number of amides is 1. The first-order valence-electron chi connectivity index (χ1n) is 7.95. The predicted molar refractivity (Wildman–Crippen MR) is 80.1 cm³/mol. The van der Waals surface area contributed by atoms with Crippen LogP contribution < -0.4 is 5.32 Å². The summed E-state index contributed by atoms with van der Waals surface area (Å²) in [7, 11) is 0. The summed E-state index contributed by atoms with van der Waals surface area (Å²) in [5, 5.41) is 3.41. The lowest BCUT2D eigenvalue weighted by atomic mass is 9.93. The summed E-state index contributed by atoms with van der Waals surface area (Å²) in [6.45, 7) is 4.10. The molecule has 3 unspecified atom stereocenters. The summed E-state index contributed by atoms with van der Waals surface area (Å²) >= 11 is 0. The SMILES string of the molecule is CCN(Cc1cccc(F)c1)C(=O)C1NCC2CCCC21. The second-order valence-electron chi connectivity index (χ2n) is 6.22. The molecule has 21 heavy (non-hydrogen) atoms. The first-order chi connectivity index (χ1) is 10.2. The molecule has 1 heterocycles. The molecule has 3 rings (SSSR count). The molecule has 1 saturated heterocycles. The Morgan fingerprint density at radius 3 is 3.05 bits per heavy atom. The maximum atomic E-state index is 13.3. The molecule has 0 aromatic heterocycles. The zero-order valence-electron chi connectivity index (χ0n) is 12.5. The summed E-state index contributed by atoms with van der Waals surface area (Å²) in [4.78, 5) is 14.6. The maximum Gasteiger partial charge on any atom is 0.240 e. The van der Waals surface area contributed by atoms with Gasteiger partial charge in [-0.05, 0) is 55.8 Å². The third-order valence-electron chi connectivity index (χ3n) is 4.97. The molecule has 0 spiro atoms. The molecule has 0 bridgehead atoms. The fourth-order valence-corrected chi connectivity index (χ4v) is 3.86. The largest absolute Gasteiger partial charge is 0.337 e. The van der Waals surface area contributed by atoms with Crippen molar-refractivity contribution in [2.45, 2.75) is 38.8 Å². The van der Waals surface area contributed by atoms with Crippen LogP contribution in [0.15, 0.2) is 24.3 Å². The van der Waals surface area contributed by atoms with Gasteiger partial charge in [0.05, 0.1) is 6.04 Å². The normalized spacial score (nSPS) is 27.6. The van der Waals surface area contributed by atoms with Crippen molar-refractivity contribution in [3.05, 3.63) is 35.6 Å². The molecule has 1 aliphatic heterocycles. The van der Waals surface area contributed by atoms with Crippen LogP contribution in [0.1, 0.15) is 31.7 Å². The van der Waals surface area contributed by atoms with E-state index in [2.05, 4.69) is 5.32 Å². The van der Waals surface area contributed by atoms with E-state index in [9.17, 15) is 9.18 Å². The maximum absolute atomic E-state index is 13.3. The van der Waals surface area contributed by atoms with Crippen LogP contribution in [0.4, 0.5) is 4.39 Å². The van der Waals surface area contributed by atoms with Gasteiger partial charge in [-0.25, -0.2) is 4.39 Å². The zero-order chi connectivity index (χ0) is 14.8. The summed E-state index contributed by atoms with van der Waals surface area (Å²) in [5.74, 6) is 1.10. The molecule has 114 valence electrons. The van der Waals surface area contributed by atoms with Crippen LogP contribution in [-0.2, 0) is 11.3 Å². The fourth-order valence-electron chi connectivity index (χ4n) is 3.86. The number of rotatable bonds is 4. The number of hydrogen-bond acceptors (Lipinski definition) is 2. The number of carbonyl (C=O) groups excluding carboxylic acids is 1. The van der Waals surface area contributed by atoms with E-state index < -0.39 is 0 Å². The Balaban J connectivity index is 1.69. The molecule has 1 aromatic carbocycles. The number of fused-ring (bicyclic) bond motifs is 1. The molecular formula is C17H23FN2O. The summed E-state index contributed by atoms with van der Waals surface area (Å²) in [6.07, 6.45) is 3.65. The smallest absolute Gasteiger partial charge is 0.240 e. The molecule has 1 aromatic rings. The van der Waals surface area contributed by atoms with Gasteiger partial charge in [-0.1, -0.05) is 18.6 Å². The van der Waals surface area contributed by atoms with E-state index in [1.54, 1.807) is 6.07 Å². The minimum atomic E-state index is -0.245. The average molecular weight is 290 g/mol. The van der Waals surface area contributed by atoms with Crippen LogP contribution in [0.3, 0.4) is 0 Å². The lowest BCUT2D eigenvalue weighted by Gasteiger charge is -2.27. The van der Waals surface area contributed by atoms with Gasteiger partial charge in [0, 0.05) is 13.1 Å². The standard InChI is InChI=1S/C17H23FN2O/c1-2-20(11-12-5-3-7-14(18)9-12)17(21)16-15-8-4-6-13(15)10-19-16/h3,5,7,9,13,15-16,19H,2,4,6,8,10-11H2,1H3. The van der Waals surface area contributed by atoms with Crippen LogP contribution in [0.25, 0.3) is 0 Å². The highest BCUT2D eigenvalue weighted by atomic mass is 19.1. The van der Waals surface area contributed by atoms with Crippen molar-refractivity contribution in [2.75, 3.05) is 13.1 Å². The number of nitrogens with zero attached hydrogens (tertiary/aromatic N) is 1. The van der Waals surface area contributed by atoms with Crippen LogP contribution in [-0.4, -0.2) is 29.9 Å². The Bertz CT molecular complexity index is 519. The third-order valence-corrected chi connectivity index (χ3v) is 4.97. The number of hydrogen-bond donors (Lipinski definition) is 1. The van der Waals surface area contributed by atoms with E-state index in [0.717, 1.165) is 18.5 Å². The van der Waals surface area contributed by atoms with E-state index in [0.29, 0.717) is 24.9 Å². The van der Waals surface area contributed by atoms with E-state index in [-0.39, 0.29) is 17.8 Å². The van der Waals surface area contributed by atoms with Gasteiger partial charge in [0.25, 0.3) is 0 Å². The molecule has 2 fully saturated rings. The van der Waals surface area contributed by atoms with Crippen molar-refractivity contribution in [3.8, 4) is 0 Å². The monoisotopic (exact) mass is 290 g/mol. The Morgan fingerprint density at radius 2 is 2.29 bits per heavy atom. The number of likely N-dealkylation sites (N-methyl/N-ethyl adjacent to an activating group) is 1. The van der Waals surface area contributed by atoms with E-state index in [1.807, 2.05) is 17.9 Å². The molecule has 1 aliphatic carbocycles. The Labute approximate surface area is 125 Å². The van der Waals surface area contributed by atoms with Crippen LogP contribution in [0.2, 0.25) is 0 Å². The van der Waals surface area contributed by atoms with Gasteiger partial charge in [0.15, 0.2) is 0 Å². The number of nitrogens with one attached hydrogen (secondary N) is 1. The molecular weight excluding hydrogens is 267 g/mol. The van der Waals surface area contributed by atoms with Gasteiger partial charge in [0.2, 0.25) is 5.91 Å². The fraction of sp³-hybridized carbons (Fsp3) is 0.588. The van der Waals surface area contributed by atoms with Crippen LogP contribution >= 0.6 is 0 Å². The Morgan fingerprint density at radius 1 is 1.43 bits per heavy atom. The minimum absolute atomic E-state index is 0.0361. The van der Waals surface area contributed by atoms with E-state index in [1.165, 1.54) is 25.0 Å². The van der Waals surface area contributed by atoms with Crippen LogP contribution in [0.5, 0.6) is 0 Å². The number of carbonyl (C=O) groups is 1. The minimum Gasteiger partial charge on any atom is -0.337 e. The lowest BCUT2D eigenvalue weighted by molar-refractivity contribution is -0.134. The zero-order valence-corrected chi connectivity index (χ0v) is 12.5. The molecule has 3 nitrogen and oxygen atoms in total. The highest BCUT2D eigenvalue weighted by Crippen LogP contribution is 2.38. The second kappa shape index (κ2) is 6.14. The van der Waals surface area contributed by atoms with Crippen molar-refractivity contribution in [2.24, 2.45) is 11.8 Å². The van der Waals surface area contributed by atoms with Crippen molar-refractivity contribution >= 4 is 5.91 Å². The third kappa shape index (κ3) is 2.95. The highest BCUT2D eigenvalue weighted by molar-refractivity contribution is 5.82. The summed E-state index contributed by atoms with van der Waals surface area (Å²) in [6, 6.07) is 6.48. The summed E-state index contributed by atoms with van der Waals surface area (Å²) < 4.78 is 13.3. The van der Waals surface area contributed by atoms with Crippen molar-refractivity contribution in [1.82, 2.24) is 10.2 Å². The first kappa shape index (κ1) is 14.5. The molecule has 4 heteroatoms. The van der Waals surface area contributed by atoms with E-state index in [4.69, 9.17) is 0 Å². The van der Waals surface area contributed by atoms with Crippen molar-refractivity contribution in [3.63, 3.8) is 0 Å². The Kier molecular flexibility index (Phi) is 4.24. The van der Waals surface area contributed by atoms with Gasteiger partial charge in [-0.3, -0.25) is 4.79 Å². The number of benzene rings is 1. The topological polar surface area (TPSA) is 32.3 Å². The van der Waals surface area contributed by atoms with Gasteiger partial charge in [-0.2, -0.15) is 0 Å². The molecule has 1 saturated carbocycles. The van der Waals surface area contributed by atoms with Crippen LogP contribution in [0, 0.1) is 17.7 Å². The van der Waals surface area contributed by atoms with Gasteiger partial charge in [-0.15, -0.1) is 0 Å². The Hall–Kier alpha value is -1.42. The first-order valence-corrected chi connectivity index (χ1v) is 7.95. The predicted octanol–water partition coefficient (Wildman–Crippen LogP) is 2.56. The molecule has 1 amide bonds. The molecule has 0 radical (unpaired) electrons. The van der Waals surface area contributed by atoms with Crippen molar-refractivity contribution < 1.29 is 9.18 Å². The molecule has 1 N–H and O–H groups in total. The quantitative estimate of drug-likeness (QED) is 0.924. The van der Waals surface area contributed by atoms with E-state index >= 15 is 0 Å². The van der Waals surface area contributed by atoms with Crippen molar-refractivity contribution in [1.29, 1.82) is 0 Å². The number of halogens is 1. The molecule has 3 atom stereocenters. The second-order valence-corrected chi connectivity index (χ2v) is 6.22. The molecule has 2 aliphatic rings.